The molecule has 0 unspecified atom stereocenters. The summed E-state index contributed by atoms with van der Waals surface area (Å²) < 4.78 is 0. The average molecular weight is 135 g/mol. The summed E-state index contributed by atoms with van der Waals surface area (Å²) in [5, 5.41) is 0. The van der Waals surface area contributed by atoms with Crippen molar-refractivity contribution in [1.29, 1.82) is 0 Å². The second-order valence-electron chi connectivity index (χ2n) is 2.56. The van der Waals surface area contributed by atoms with E-state index in [9.17, 15) is 0 Å². The molecule has 0 fully saturated rings. The molecule has 0 amide bonds. The highest BCUT2D eigenvalue weighted by Gasteiger charge is 1.88. The largest absolute Gasteiger partial charge is 0.399 e. The standard InChI is InChI=1S/C9H13N/c1-8-4-2-3-5-9(10)7-6-8/h4-7H,2-3,10H2,1H3/b7-6-,8-4-,9-5?. The third-order valence-electron chi connectivity index (χ3n) is 1.55. The molecule has 0 radical (unpaired) electrons. The van der Waals surface area contributed by atoms with Gasteiger partial charge in [0, 0.05) is 5.70 Å². The van der Waals surface area contributed by atoms with Gasteiger partial charge in [0.1, 0.15) is 0 Å². The number of rotatable bonds is 0. The lowest BCUT2D eigenvalue weighted by Gasteiger charge is -1.98. The average Bonchev–Trinajstić information content (AvgIpc) is 1.90. The smallest absolute Gasteiger partial charge is 0.0273 e. The predicted molar refractivity (Wildman–Crippen MR) is 44.4 cm³/mol. The topological polar surface area (TPSA) is 26.0 Å². The molecule has 0 heterocycles. The molecule has 0 aliphatic heterocycles. The fourth-order valence-electron chi connectivity index (χ4n) is 0.925. The maximum Gasteiger partial charge on any atom is 0.0273 e. The molecule has 2 N–H and O–H groups in total. The summed E-state index contributed by atoms with van der Waals surface area (Å²) in [6.07, 6.45) is 10.4. The number of hydrogen-bond donors (Lipinski definition) is 1. The van der Waals surface area contributed by atoms with Gasteiger partial charge in [0.05, 0.1) is 0 Å². The van der Waals surface area contributed by atoms with Crippen molar-refractivity contribution in [2.75, 3.05) is 0 Å². The van der Waals surface area contributed by atoms with E-state index >= 15 is 0 Å². The molecule has 1 aliphatic carbocycles. The summed E-state index contributed by atoms with van der Waals surface area (Å²) in [5.41, 5.74) is 7.80. The van der Waals surface area contributed by atoms with E-state index in [1.807, 2.05) is 12.2 Å². The third-order valence-corrected chi connectivity index (χ3v) is 1.55. The molecule has 1 heteroatoms. The molecule has 0 aromatic heterocycles. The Morgan fingerprint density at radius 2 is 1.90 bits per heavy atom. The first kappa shape index (κ1) is 7.13. The summed E-state index contributed by atoms with van der Waals surface area (Å²) in [7, 11) is 0. The normalized spacial score (nSPS) is 27.3. The van der Waals surface area contributed by atoms with Crippen molar-refractivity contribution in [2.45, 2.75) is 19.8 Å². The molecular formula is C9H13N. The maximum atomic E-state index is 5.61. The van der Waals surface area contributed by atoms with Crippen LogP contribution < -0.4 is 5.73 Å². The molecule has 54 valence electrons. The Morgan fingerprint density at radius 1 is 1.20 bits per heavy atom. The molecule has 0 aromatic rings. The minimum Gasteiger partial charge on any atom is -0.399 e. The predicted octanol–water partition coefficient (Wildman–Crippen LogP) is 2.13. The van der Waals surface area contributed by atoms with Crippen molar-refractivity contribution in [1.82, 2.24) is 0 Å². The van der Waals surface area contributed by atoms with Crippen LogP contribution in [0.25, 0.3) is 0 Å². The van der Waals surface area contributed by atoms with Crippen molar-refractivity contribution in [3.8, 4) is 0 Å². The van der Waals surface area contributed by atoms with Crippen LogP contribution in [0.3, 0.4) is 0 Å². The maximum absolute atomic E-state index is 5.61. The Bertz CT molecular complexity index is 175. The molecule has 0 aromatic carbocycles. The van der Waals surface area contributed by atoms with E-state index in [-0.39, 0.29) is 0 Å². The van der Waals surface area contributed by atoms with Crippen molar-refractivity contribution in [3.05, 3.63) is 35.6 Å². The zero-order valence-corrected chi connectivity index (χ0v) is 6.30. The van der Waals surface area contributed by atoms with Crippen LogP contribution in [0, 0.1) is 0 Å². The Labute approximate surface area is 61.9 Å². The number of nitrogens with two attached hydrogens (primary N) is 1. The Balaban J connectivity index is 2.73. The van der Waals surface area contributed by atoms with Gasteiger partial charge in [0.25, 0.3) is 0 Å². The van der Waals surface area contributed by atoms with Gasteiger partial charge in [0.15, 0.2) is 0 Å². The highest BCUT2D eigenvalue weighted by atomic mass is 14.5. The zero-order valence-electron chi connectivity index (χ0n) is 6.30. The second kappa shape index (κ2) is 3.25. The Morgan fingerprint density at radius 3 is 2.70 bits per heavy atom. The first-order valence-corrected chi connectivity index (χ1v) is 3.59. The molecule has 0 saturated heterocycles. The van der Waals surface area contributed by atoms with Crippen LogP contribution in [0.4, 0.5) is 0 Å². The minimum absolute atomic E-state index is 0.882. The van der Waals surface area contributed by atoms with E-state index in [1.54, 1.807) is 0 Å². The lowest BCUT2D eigenvalue weighted by Crippen LogP contribution is -1.93. The fourth-order valence-corrected chi connectivity index (χ4v) is 0.925. The van der Waals surface area contributed by atoms with Gasteiger partial charge in [0.2, 0.25) is 0 Å². The monoisotopic (exact) mass is 135 g/mol. The molecule has 0 atom stereocenters. The van der Waals surface area contributed by atoms with E-state index < -0.39 is 0 Å². The van der Waals surface area contributed by atoms with Gasteiger partial charge in [-0.3, -0.25) is 0 Å². The first-order valence-electron chi connectivity index (χ1n) is 3.59. The highest BCUT2D eigenvalue weighted by molar-refractivity contribution is 5.26. The van der Waals surface area contributed by atoms with Gasteiger partial charge in [-0.05, 0) is 25.8 Å². The van der Waals surface area contributed by atoms with E-state index in [0.29, 0.717) is 0 Å². The molecule has 10 heavy (non-hydrogen) atoms. The van der Waals surface area contributed by atoms with Crippen LogP contribution in [0.2, 0.25) is 0 Å². The van der Waals surface area contributed by atoms with E-state index in [1.165, 1.54) is 5.57 Å². The lowest BCUT2D eigenvalue weighted by molar-refractivity contribution is 1.02. The SMILES string of the molecule is CC1=C/CCC=C(N)/C=C\1. The first-order chi connectivity index (χ1) is 4.79. The van der Waals surface area contributed by atoms with Gasteiger partial charge in [-0.25, -0.2) is 0 Å². The van der Waals surface area contributed by atoms with Crippen molar-refractivity contribution < 1.29 is 0 Å². The Kier molecular flexibility index (Phi) is 2.32. The van der Waals surface area contributed by atoms with E-state index in [0.717, 1.165) is 18.5 Å². The van der Waals surface area contributed by atoms with Gasteiger partial charge < -0.3 is 5.73 Å². The van der Waals surface area contributed by atoms with Gasteiger partial charge >= 0.3 is 0 Å². The second-order valence-corrected chi connectivity index (χ2v) is 2.56. The summed E-state index contributed by atoms with van der Waals surface area (Å²) in [6.45, 7) is 2.09. The molecule has 1 rings (SSSR count). The van der Waals surface area contributed by atoms with Crippen LogP contribution in [-0.4, -0.2) is 0 Å². The van der Waals surface area contributed by atoms with Crippen LogP contribution in [0.15, 0.2) is 35.6 Å². The molecule has 1 nitrogen and oxygen atoms in total. The van der Waals surface area contributed by atoms with Crippen molar-refractivity contribution in [2.24, 2.45) is 5.73 Å². The third kappa shape index (κ3) is 2.09. The number of hydrogen-bond acceptors (Lipinski definition) is 1. The molecule has 0 bridgehead atoms. The van der Waals surface area contributed by atoms with Crippen LogP contribution >= 0.6 is 0 Å². The van der Waals surface area contributed by atoms with E-state index in [4.69, 9.17) is 5.73 Å². The summed E-state index contributed by atoms with van der Waals surface area (Å²) >= 11 is 0. The summed E-state index contributed by atoms with van der Waals surface area (Å²) in [4.78, 5) is 0. The fraction of sp³-hybridized carbons (Fsp3) is 0.333. The summed E-state index contributed by atoms with van der Waals surface area (Å²) in [5.74, 6) is 0. The zero-order chi connectivity index (χ0) is 7.40. The van der Waals surface area contributed by atoms with Gasteiger partial charge in [-0.2, -0.15) is 0 Å². The number of allylic oxidation sites excluding steroid dienone is 5. The molecule has 1 aliphatic rings. The van der Waals surface area contributed by atoms with Crippen molar-refractivity contribution in [3.63, 3.8) is 0 Å². The molecule has 0 spiro atoms. The van der Waals surface area contributed by atoms with Gasteiger partial charge in [-0.15, -0.1) is 0 Å². The quantitative estimate of drug-likeness (QED) is 0.541. The van der Waals surface area contributed by atoms with Crippen LogP contribution in [0.1, 0.15) is 19.8 Å². The van der Waals surface area contributed by atoms with Crippen LogP contribution in [-0.2, 0) is 0 Å². The highest BCUT2D eigenvalue weighted by Crippen LogP contribution is 2.06. The summed E-state index contributed by atoms with van der Waals surface area (Å²) in [6, 6.07) is 0. The lowest BCUT2D eigenvalue weighted by atomic mass is 10.1. The molecule has 0 saturated carbocycles. The minimum atomic E-state index is 0.882. The van der Waals surface area contributed by atoms with E-state index in [2.05, 4.69) is 19.1 Å². The Hall–Kier alpha value is -0.980. The molecular weight excluding hydrogens is 122 g/mol. The van der Waals surface area contributed by atoms with Crippen molar-refractivity contribution >= 4 is 0 Å². The van der Waals surface area contributed by atoms with Gasteiger partial charge in [-0.1, -0.05) is 23.8 Å². The van der Waals surface area contributed by atoms with Crippen LogP contribution in [0.5, 0.6) is 0 Å².